The van der Waals surface area contributed by atoms with Gasteiger partial charge < -0.3 is 20.1 Å². The highest BCUT2D eigenvalue weighted by Crippen LogP contribution is 2.11. The van der Waals surface area contributed by atoms with Gasteiger partial charge in [0.1, 0.15) is 18.5 Å². The van der Waals surface area contributed by atoms with Gasteiger partial charge in [-0.15, -0.1) is 12.4 Å². The smallest absolute Gasteiger partial charge is 0.252 e. The fourth-order valence-corrected chi connectivity index (χ4v) is 1.59. The Balaban J connectivity index is 0.00000361. The van der Waals surface area contributed by atoms with Crippen LogP contribution in [0.3, 0.4) is 0 Å². The Labute approximate surface area is 126 Å². The van der Waals surface area contributed by atoms with Gasteiger partial charge in [0.25, 0.3) is 5.91 Å². The monoisotopic (exact) mass is 302 g/mol. The van der Waals surface area contributed by atoms with Gasteiger partial charge in [-0.2, -0.15) is 0 Å². The number of ether oxygens (including phenoxy) is 2. The summed E-state index contributed by atoms with van der Waals surface area (Å²) in [6, 6.07) is 7.79. The van der Waals surface area contributed by atoms with E-state index in [0.717, 1.165) is 5.75 Å². The molecule has 114 valence electrons. The molecule has 0 aliphatic carbocycles. The van der Waals surface area contributed by atoms with Crippen LogP contribution in [-0.2, 0) is 9.53 Å². The summed E-state index contributed by atoms with van der Waals surface area (Å²) in [6.45, 7) is 3.13. The van der Waals surface area contributed by atoms with Crippen LogP contribution < -0.4 is 10.5 Å². The minimum atomic E-state index is -0.579. The van der Waals surface area contributed by atoms with Crippen molar-refractivity contribution < 1.29 is 14.3 Å². The van der Waals surface area contributed by atoms with E-state index in [2.05, 4.69) is 0 Å². The zero-order valence-electron chi connectivity index (χ0n) is 12.2. The van der Waals surface area contributed by atoms with Gasteiger partial charge in [-0.05, 0) is 19.1 Å². The van der Waals surface area contributed by atoms with Gasteiger partial charge in [-0.25, -0.2) is 0 Å². The molecule has 0 aliphatic heterocycles. The van der Waals surface area contributed by atoms with Crippen molar-refractivity contribution >= 4 is 18.3 Å². The van der Waals surface area contributed by atoms with Crippen molar-refractivity contribution in [3.05, 3.63) is 29.8 Å². The number of benzene rings is 1. The maximum absolute atomic E-state index is 11.9. The molecule has 5 nitrogen and oxygen atoms in total. The SMILES string of the molecule is COC(CN)C(=O)N(C)CCOc1ccc(C)cc1.Cl. The van der Waals surface area contributed by atoms with Gasteiger partial charge in [0.05, 0.1) is 6.54 Å². The number of carbonyl (C=O) groups excluding carboxylic acids is 1. The molecule has 0 heterocycles. The van der Waals surface area contributed by atoms with E-state index in [9.17, 15) is 4.79 Å². The van der Waals surface area contributed by atoms with Crippen molar-refractivity contribution in [3.63, 3.8) is 0 Å². The van der Waals surface area contributed by atoms with Gasteiger partial charge >= 0.3 is 0 Å². The lowest BCUT2D eigenvalue weighted by Gasteiger charge is -2.22. The number of amides is 1. The van der Waals surface area contributed by atoms with Gasteiger partial charge in [-0.3, -0.25) is 4.79 Å². The van der Waals surface area contributed by atoms with Crippen molar-refractivity contribution in [2.24, 2.45) is 5.73 Å². The summed E-state index contributed by atoms with van der Waals surface area (Å²) in [5.41, 5.74) is 6.64. The normalized spacial score (nSPS) is 11.4. The zero-order chi connectivity index (χ0) is 14.3. The molecule has 2 N–H and O–H groups in total. The molecule has 0 spiro atoms. The predicted molar refractivity (Wildman–Crippen MR) is 81.4 cm³/mol. The standard InChI is InChI=1S/C14H22N2O3.ClH/c1-11-4-6-12(7-5-11)19-9-8-16(2)14(17)13(10-15)18-3;/h4-7,13H,8-10,15H2,1-3H3;1H. The second-order valence-electron chi connectivity index (χ2n) is 4.38. The Kier molecular flexibility index (Phi) is 8.96. The van der Waals surface area contributed by atoms with Crippen LogP contribution in [0.25, 0.3) is 0 Å². The van der Waals surface area contributed by atoms with Gasteiger partial charge in [0.2, 0.25) is 0 Å². The first-order chi connectivity index (χ1) is 9.08. The molecule has 1 aromatic carbocycles. The van der Waals surface area contributed by atoms with Gasteiger partial charge in [0.15, 0.2) is 0 Å². The molecule has 1 unspecified atom stereocenters. The van der Waals surface area contributed by atoms with E-state index in [-0.39, 0.29) is 24.9 Å². The van der Waals surface area contributed by atoms with Crippen molar-refractivity contribution in [3.8, 4) is 5.75 Å². The number of carbonyl (C=O) groups is 1. The van der Waals surface area contributed by atoms with Crippen LogP contribution in [0.5, 0.6) is 5.75 Å². The third-order valence-electron chi connectivity index (χ3n) is 2.87. The highest BCUT2D eigenvalue weighted by Gasteiger charge is 2.19. The first-order valence-corrected chi connectivity index (χ1v) is 6.25. The average Bonchev–Trinajstić information content (AvgIpc) is 2.42. The quantitative estimate of drug-likeness (QED) is 0.823. The fourth-order valence-electron chi connectivity index (χ4n) is 1.59. The van der Waals surface area contributed by atoms with Gasteiger partial charge in [0, 0.05) is 20.7 Å². The summed E-state index contributed by atoms with van der Waals surface area (Å²) < 4.78 is 10.6. The summed E-state index contributed by atoms with van der Waals surface area (Å²) in [4.78, 5) is 13.4. The molecular formula is C14H23ClN2O3. The molecule has 0 aromatic heterocycles. The zero-order valence-corrected chi connectivity index (χ0v) is 13.0. The van der Waals surface area contributed by atoms with E-state index in [0.29, 0.717) is 13.2 Å². The second kappa shape index (κ2) is 9.58. The molecule has 0 fully saturated rings. The van der Waals surface area contributed by atoms with E-state index in [1.54, 1.807) is 11.9 Å². The number of rotatable bonds is 7. The number of nitrogens with zero attached hydrogens (tertiary/aromatic N) is 1. The lowest BCUT2D eigenvalue weighted by molar-refractivity contribution is -0.140. The Morgan fingerprint density at radius 3 is 2.45 bits per heavy atom. The number of hydrogen-bond donors (Lipinski definition) is 1. The van der Waals surface area contributed by atoms with Crippen molar-refractivity contribution in [2.75, 3.05) is 33.9 Å². The van der Waals surface area contributed by atoms with E-state index in [4.69, 9.17) is 15.2 Å². The Bertz CT molecular complexity index is 394. The second-order valence-corrected chi connectivity index (χ2v) is 4.38. The molecule has 0 saturated carbocycles. The Morgan fingerprint density at radius 2 is 1.95 bits per heavy atom. The van der Waals surface area contributed by atoms with E-state index in [1.807, 2.05) is 31.2 Å². The van der Waals surface area contributed by atoms with Crippen molar-refractivity contribution in [2.45, 2.75) is 13.0 Å². The molecule has 1 atom stereocenters. The Morgan fingerprint density at radius 1 is 1.35 bits per heavy atom. The first-order valence-electron chi connectivity index (χ1n) is 6.25. The number of methoxy groups -OCH3 is 1. The third kappa shape index (κ3) is 5.77. The molecular weight excluding hydrogens is 280 g/mol. The van der Waals surface area contributed by atoms with E-state index >= 15 is 0 Å². The number of aryl methyl sites for hydroxylation is 1. The molecule has 0 aliphatic rings. The number of likely N-dealkylation sites (N-methyl/N-ethyl adjacent to an activating group) is 1. The summed E-state index contributed by atoms with van der Waals surface area (Å²) in [5, 5.41) is 0. The van der Waals surface area contributed by atoms with Crippen LogP contribution in [0.2, 0.25) is 0 Å². The summed E-state index contributed by atoms with van der Waals surface area (Å²) in [7, 11) is 3.19. The third-order valence-corrected chi connectivity index (χ3v) is 2.87. The van der Waals surface area contributed by atoms with Crippen LogP contribution in [0.1, 0.15) is 5.56 Å². The first kappa shape index (κ1) is 18.7. The molecule has 20 heavy (non-hydrogen) atoms. The van der Waals surface area contributed by atoms with Crippen LogP contribution in [0.15, 0.2) is 24.3 Å². The number of nitrogens with two attached hydrogens (primary N) is 1. The molecule has 0 radical (unpaired) electrons. The lowest BCUT2D eigenvalue weighted by Crippen LogP contribution is -2.43. The lowest BCUT2D eigenvalue weighted by atomic mass is 10.2. The number of halogens is 1. The molecule has 6 heteroatoms. The topological polar surface area (TPSA) is 64.8 Å². The molecule has 0 bridgehead atoms. The summed E-state index contributed by atoms with van der Waals surface area (Å²) in [6.07, 6.45) is -0.579. The van der Waals surface area contributed by atoms with Crippen molar-refractivity contribution in [1.29, 1.82) is 0 Å². The highest BCUT2D eigenvalue weighted by molar-refractivity contribution is 5.85. The van der Waals surface area contributed by atoms with Crippen LogP contribution in [-0.4, -0.2) is 50.8 Å². The van der Waals surface area contributed by atoms with E-state index in [1.165, 1.54) is 12.7 Å². The van der Waals surface area contributed by atoms with Gasteiger partial charge in [-0.1, -0.05) is 17.7 Å². The van der Waals surface area contributed by atoms with Crippen LogP contribution in [0, 0.1) is 6.92 Å². The number of hydrogen-bond acceptors (Lipinski definition) is 4. The van der Waals surface area contributed by atoms with Crippen LogP contribution >= 0.6 is 12.4 Å². The average molecular weight is 303 g/mol. The molecule has 1 amide bonds. The largest absolute Gasteiger partial charge is 0.492 e. The maximum atomic E-state index is 11.9. The van der Waals surface area contributed by atoms with Crippen LogP contribution in [0.4, 0.5) is 0 Å². The van der Waals surface area contributed by atoms with Crippen molar-refractivity contribution in [1.82, 2.24) is 4.90 Å². The fraction of sp³-hybridized carbons (Fsp3) is 0.500. The minimum Gasteiger partial charge on any atom is -0.492 e. The predicted octanol–water partition coefficient (Wildman–Crippen LogP) is 1.23. The maximum Gasteiger partial charge on any atom is 0.252 e. The highest BCUT2D eigenvalue weighted by atomic mass is 35.5. The summed E-state index contributed by atoms with van der Waals surface area (Å²) in [5.74, 6) is 0.672. The molecule has 0 saturated heterocycles. The molecule has 1 rings (SSSR count). The Hall–Kier alpha value is -1.30. The summed E-state index contributed by atoms with van der Waals surface area (Å²) >= 11 is 0. The van der Waals surface area contributed by atoms with E-state index < -0.39 is 6.10 Å². The minimum absolute atomic E-state index is 0. The molecule has 1 aromatic rings.